The van der Waals surface area contributed by atoms with Crippen molar-refractivity contribution in [3.8, 4) is 5.75 Å². The van der Waals surface area contributed by atoms with Gasteiger partial charge in [0.25, 0.3) is 0 Å². The number of halogens is 3. The van der Waals surface area contributed by atoms with E-state index in [1.54, 1.807) is 0 Å². The Morgan fingerprint density at radius 3 is 2.30 bits per heavy atom. The van der Waals surface area contributed by atoms with Crippen molar-refractivity contribution in [2.75, 3.05) is 7.05 Å². The molecule has 0 amide bonds. The van der Waals surface area contributed by atoms with Gasteiger partial charge in [-0.25, -0.2) is 0 Å². The summed E-state index contributed by atoms with van der Waals surface area (Å²) >= 11 is 10.6. The molecule has 2 aromatic carbocycles. The normalized spacial score (nSPS) is 10.6. The number of hydrogen-bond donors (Lipinski definition) is 1. The summed E-state index contributed by atoms with van der Waals surface area (Å²) in [6.45, 7) is 1.35. The van der Waals surface area contributed by atoms with E-state index in [2.05, 4.69) is 71.3 Å². The van der Waals surface area contributed by atoms with Crippen LogP contribution in [0.15, 0.2) is 49.8 Å². The molecule has 0 aliphatic rings. The molecule has 2 rings (SSSR count). The second-order valence-corrected chi connectivity index (χ2v) is 6.96. The zero-order valence-electron chi connectivity index (χ0n) is 10.9. The predicted molar refractivity (Wildman–Crippen MR) is 93.1 cm³/mol. The van der Waals surface area contributed by atoms with E-state index in [1.165, 1.54) is 5.56 Å². The molecular weight excluding hydrogens is 450 g/mol. The first-order chi connectivity index (χ1) is 9.60. The van der Waals surface area contributed by atoms with Crippen LogP contribution in [0.5, 0.6) is 5.75 Å². The molecule has 0 aliphatic heterocycles. The Kier molecular flexibility index (Phi) is 6.08. The first-order valence-electron chi connectivity index (χ1n) is 6.10. The molecular formula is C15H14Br3NO. The Labute approximate surface area is 144 Å². The molecule has 0 radical (unpaired) electrons. The molecule has 0 atom stereocenters. The Hall–Kier alpha value is -0.360. The van der Waals surface area contributed by atoms with Crippen LogP contribution >= 0.6 is 47.8 Å². The van der Waals surface area contributed by atoms with Gasteiger partial charge in [-0.3, -0.25) is 0 Å². The second-order valence-electron chi connectivity index (χ2n) is 4.34. The molecule has 0 saturated carbocycles. The maximum Gasteiger partial charge on any atom is 0.148 e. The summed E-state index contributed by atoms with van der Waals surface area (Å²) < 4.78 is 8.87. The van der Waals surface area contributed by atoms with Gasteiger partial charge in [0.1, 0.15) is 12.4 Å². The second kappa shape index (κ2) is 7.59. The van der Waals surface area contributed by atoms with E-state index in [1.807, 2.05) is 25.2 Å². The first-order valence-corrected chi connectivity index (χ1v) is 8.48. The van der Waals surface area contributed by atoms with Gasteiger partial charge in [0.15, 0.2) is 0 Å². The minimum atomic E-state index is 0.530. The molecule has 0 aromatic heterocycles. The molecule has 1 N–H and O–H groups in total. The highest BCUT2D eigenvalue weighted by Crippen LogP contribution is 2.35. The Bertz CT molecular complexity index is 578. The van der Waals surface area contributed by atoms with Crippen molar-refractivity contribution >= 4 is 47.8 Å². The first kappa shape index (κ1) is 16.0. The third-order valence-corrected chi connectivity index (χ3v) is 4.38. The van der Waals surface area contributed by atoms with E-state index in [0.29, 0.717) is 6.61 Å². The molecule has 0 heterocycles. The molecule has 0 fully saturated rings. The zero-order chi connectivity index (χ0) is 14.5. The van der Waals surface area contributed by atoms with Gasteiger partial charge in [-0.2, -0.15) is 0 Å². The summed E-state index contributed by atoms with van der Waals surface area (Å²) in [5.41, 5.74) is 2.32. The molecule has 0 unspecified atom stereocenters. The molecule has 0 bridgehead atoms. The van der Waals surface area contributed by atoms with Crippen LogP contribution < -0.4 is 10.1 Å². The highest BCUT2D eigenvalue weighted by Gasteiger charge is 2.09. The van der Waals surface area contributed by atoms with Crippen molar-refractivity contribution in [3.63, 3.8) is 0 Å². The molecule has 20 heavy (non-hydrogen) atoms. The van der Waals surface area contributed by atoms with E-state index >= 15 is 0 Å². The number of hydrogen-bond acceptors (Lipinski definition) is 2. The van der Waals surface area contributed by atoms with Gasteiger partial charge in [0.05, 0.1) is 8.95 Å². The quantitative estimate of drug-likeness (QED) is 0.652. The number of rotatable bonds is 5. The minimum absolute atomic E-state index is 0.530. The molecule has 0 saturated heterocycles. The topological polar surface area (TPSA) is 21.3 Å². The summed E-state index contributed by atoms with van der Waals surface area (Å²) in [6, 6.07) is 12.2. The largest absolute Gasteiger partial charge is 0.487 e. The van der Waals surface area contributed by atoms with Crippen LogP contribution in [0.4, 0.5) is 0 Å². The SMILES string of the molecule is CNCc1cc(Br)c(OCc2cccc(Br)c2)c(Br)c1. The van der Waals surface area contributed by atoms with Gasteiger partial charge in [0.2, 0.25) is 0 Å². The Morgan fingerprint density at radius 1 is 1.00 bits per heavy atom. The lowest BCUT2D eigenvalue weighted by atomic mass is 10.2. The summed E-state index contributed by atoms with van der Waals surface area (Å²) in [5, 5.41) is 3.13. The van der Waals surface area contributed by atoms with E-state index in [0.717, 1.165) is 31.3 Å². The molecule has 0 aliphatic carbocycles. The van der Waals surface area contributed by atoms with Gasteiger partial charge >= 0.3 is 0 Å². The van der Waals surface area contributed by atoms with Crippen LogP contribution in [-0.2, 0) is 13.2 Å². The van der Waals surface area contributed by atoms with Crippen LogP contribution in [0.1, 0.15) is 11.1 Å². The lowest BCUT2D eigenvalue weighted by molar-refractivity contribution is 0.302. The Balaban J connectivity index is 2.13. The summed E-state index contributed by atoms with van der Waals surface area (Å²) in [7, 11) is 1.93. The maximum atomic E-state index is 5.91. The standard InChI is InChI=1S/C15H14Br3NO/c1-19-8-11-6-13(17)15(14(18)7-11)20-9-10-3-2-4-12(16)5-10/h2-7,19H,8-9H2,1H3. The van der Waals surface area contributed by atoms with E-state index < -0.39 is 0 Å². The molecule has 2 aromatic rings. The number of nitrogens with one attached hydrogen (secondary N) is 1. The van der Waals surface area contributed by atoms with Crippen LogP contribution in [-0.4, -0.2) is 7.05 Å². The fraction of sp³-hybridized carbons (Fsp3) is 0.200. The minimum Gasteiger partial charge on any atom is -0.487 e. The van der Waals surface area contributed by atoms with Crippen LogP contribution in [0.25, 0.3) is 0 Å². The lowest BCUT2D eigenvalue weighted by Crippen LogP contribution is -2.05. The summed E-state index contributed by atoms with van der Waals surface area (Å²) in [5.74, 6) is 0.824. The van der Waals surface area contributed by atoms with Crippen molar-refractivity contribution in [2.24, 2.45) is 0 Å². The Morgan fingerprint density at radius 2 is 1.70 bits per heavy atom. The van der Waals surface area contributed by atoms with Gasteiger partial charge in [-0.15, -0.1) is 0 Å². The summed E-state index contributed by atoms with van der Waals surface area (Å²) in [6.07, 6.45) is 0. The average molecular weight is 464 g/mol. The van der Waals surface area contributed by atoms with Crippen LogP contribution in [0, 0.1) is 0 Å². The third kappa shape index (κ3) is 4.32. The predicted octanol–water partition coefficient (Wildman–Crippen LogP) is 5.27. The van der Waals surface area contributed by atoms with Crippen LogP contribution in [0.2, 0.25) is 0 Å². The summed E-state index contributed by atoms with van der Waals surface area (Å²) in [4.78, 5) is 0. The van der Waals surface area contributed by atoms with Crippen LogP contribution in [0.3, 0.4) is 0 Å². The highest BCUT2D eigenvalue weighted by atomic mass is 79.9. The van der Waals surface area contributed by atoms with Gasteiger partial charge in [-0.1, -0.05) is 28.1 Å². The van der Waals surface area contributed by atoms with E-state index in [4.69, 9.17) is 4.74 Å². The smallest absolute Gasteiger partial charge is 0.148 e. The highest BCUT2D eigenvalue weighted by molar-refractivity contribution is 9.11. The average Bonchev–Trinajstić information content (AvgIpc) is 2.38. The fourth-order valence-corrected chi connectivity index (χ4v) is 3.80. The zero-order valence-corrected chi connectivity index (χ0v) is 15.7. The third-order valence-electron chi connectivity index (χ3n) is 2.71. The van der Waals surface area contributed by atoms with E-state index in [-0.39, 0.29) is 0 Å². The monoisotopic (exact) mass is 461 g/mol. The van der Waals surface area contributed by atoms with Crippen molar-refractivity contribution in [1.29, 1.82) is 0 Å². The molecule has 2 nitrogen and oxygen atoms in total. The fourth-order valence-electron chi connectivity index (χ4n) is 1.84. The molecule has 5 heteroatoms. The van der Waals surface area contributed by atoms with Gasteiger partial charge < -0.3 is 10.1 Å². The van der Waals surface area contributed by atoms with Gasteiger partial charge in [-0.05, 0) is 74.3 Å². The van der Waals surface area contributed by atoms with Crippen molar-refractivity contribution in [2.45, 2.75) is 13.2 Å². The van der Waals surface area contributed by atoms with E-state index in [9.17, 15) is 0 Å². The van der Waals surface area contributed by atoms with Gasteiger partial charge in [0, 0.05) is 11.0 Å². The van der Waals surface area contributed by atoms with Crippen molar-refractivity contribution < 1.29 is 4.74 Å². The maximum absolute atomic E-state index is 5.91. The number of benzene rings is 2. The lowest BCUT2D eigenvalue weighted by Gasteiger charge is -2.12. The van der Waals surface area contributed by atoms with Crippen molar-refractivity contribution in [3.05, 3.63) is 60.9 Å². The molecule has 106 valence electrons. The number of ether oxygens (including phenoxy) is 1. The van der Waals surface area contributed by atoms with Crippen molar-refractivity contribution in [1.82, 2.24) is 5.32 Å². The molecule has 0 spiro atoms.